The van der Waals surface area contributed by atoms with Crippen molar-refractivity contribution >= 4 is 28.5 Å². The number of nitrogens with one attached hydrogen (secondary N) is 1. The minimum atomic E-state index is -0.0617. The largest absolute Gasteiger partial charge is 0.468 e. The quantitative estimate of drug-likeness (QED) is 0.807. The van der Waals surface area contributed by atoms with Crippen molar-refractivity contribution in [1.82, 2.24) is 10.2 Å². The molecule has 4 nitrogen and oxygen atoms in total. The number of likely N-dealkylation sites (N-methyl/N-ethyl adjacent to an activating group) is 1. The van der Waals surface area contributed by atoms with Gasteiger partial charge in [0.15, 0.2) is 0 Å². The van der Waals surface area contributed by atoms with Crippen LogP contribution in [0.1, 0.15) is 22.2 Å². The van der Waals surface area contributed by atoms with Gasteiger partial charge in [0.1, 0.15) is 5.76 Å². The van der Waals surface area contributed by atoms with E-state index in [1.807, 2.05) is 55.4 Å². The summed E-state index contributed by atoms with van der Waals surface area (Å²) < 4.78 is 6.37. The average molecular weight is 384 g/mol. The molecule has 0 aliphatic rings. The third-order valence-corrected chi connectivity index (χ3v) is 4.01. The van der Waals surface area contributed by atoms with E-state index in [1.165, 1.54) is 0 Å². The standard InChI is InChI=1S/C15H17IN2O2/c1-18(2)13(14-8-5-9-20-14)10-17-15(19)11-6-3-4-7-12(11)16/h3-9,13H,10H2,1-2H3,(H,17,19). The topological polar surface area (TPSA) is 45.5 Å². The van der Waals surface area contributed by atoms with E-state index in [4.69, 9.17) is 4.42 Å². The number of carbonyl (C=O) groups excluding carboxylic acids is 1. The van der Waals surface area contributed by atoms with Crippen LogP contribution in [0.2, 0.25) is 0 Å². The van der Waals surface area contributed by atoms with Gasteiger partial charge in [-0.05, 0) is 61.0 Å². The third kappa shape index (κ3) is 3.61. The van der Waals surface area contributed by atoms with Crippen molar-refractivity contribution in [1.29, 1.82) is 0 Å². The van der Waals surface area contributed by atoms with Crippen LogP contribution in [0, 0.1) is 3.57 Å². The minimum Gasteiger partial charge on any atom is -0.468 e. The number of rotatable bonds is 5. The van der Waals surface area contributed by atoms with Gasteiger partial charge in [-0.25, -0.2) is 0 Å². The summed E-state index contributed by atoms with van der Waals surface area (Å²) in [5.41, 5.74) is 0.699. The van der Waals surface area contributed by atoms with Gasteiger partial charge in [-0.3, -0.25) is 9.69 Å². The summed E-state index contributed by atoms with van der Waals surface area (Å²) in [6.45, 7) is 0.504. The molecule has 20 heavy (non-hydrogen) atoms. The lowest BCUT2D eigenvalue weighted by Gasteiger charge is -2.22. The van der Waals surface area contributed by atoms with Crippen molar-refractivity contribution in [3.8, 4) is 0 Å². The molecule has 5 heteroatoms. The Labute approximate surface area is 132 Å². The summed E-state index contributed by atoms with van der Waals surface area (Å²) in [6, 6.07) is 11.3. The second kappa shape index (κ2) is 6.90. The van der Waals surface area contributed by atoms with E-state index < -0.39 is 0 Å². The molecule has 1 heterocycles. The maximum atomic E-state index is 12.2. The first-order chi connectivity index (χ1) is 9.59. The molecule has 1 aromatic carbocycles. The predicted octanol–water partition coefficient (Wildman–Crippen LogP) is 2.92. The molecule has 0 bridgehead atoms. The van der Waals surface area contributed by atoms with Crippen LogP contribution in [0.25, 0.3) is 0 Å². The van der Waals surface area contributed by atoms with Crippen molar-refractivity contribution in [2.45, 2.75) is 6.04 Å². The normalized spacial score (nSPS) is 12.4. The molecule has 1 unspecified atom stereocenters. The van der Waals surface area contributed by atoms with Crippen LogP contribution in [0.4, 0.5) is 0 Å². The zero-order valence-electron chi connectivity index (χ0n) is 11.5. The SMILES string of the molecule is CN(C)C(CNC(=O)c1ccccc1I)c1ccco1. The Balaban J connectivity index is 2.03. The lowest BCUT2D eigenvalue weighted by atomic mass is 10.2. The van der Waals surface area contributed by atoms with Crippen LogP contribution < -0.4 is 5.32 Å². The molecule has 0 spiro atoms. The number of benzene rings is 1. The number of halogens is 1. The van der Waals surface area contributed by atoms with Gasteiger partial charge in [0, 0.05) is 10.1 Å². The number of hydrogen-bond acceptors (Lipinski definition) is 3. The van der Waals surface area contributed by atoms with Crippen molar-refractivity contribution in [2.24, 2.45) is 0 Å². The van der Waals surface area contributed by atoms with E-state index >= 15 is 0 Å². The van der Waals surface area contributed by atoms with E-state index in [9.17, 15) is 4.79 Å². The number of amides is 1. The van der Waals surface area contributed by atoms with Gasteiger partial charge in [-0.2, -0.15) is 0 Å². The molecule has 1 atom stereocenters. The molecule has 0 radical (unpaired) electrons. The van der Waals surface area contributed by atoms with Gasteiger partial charge in [-0.1, -0.05) is 12.1 Å². The van der Waals surface area contributed by atoms with Crippen LogP contribution in [-0.4, -0.2) is 31.4 Å². The fourth-order valence-electron chi connectivity index (χ4n) is 1.95. The first kappa shape index (κ1) is 15.1. The summed E-state index contributed by atoms with van der Waals surface area (Å²) in [4.78, 5) is 14.2. The highest BCUT2D eigenvalue weighted by Crippen LogP contribution is 2.18. The highest BCUT2D eigenvalue weighted by atomic mass is 127. The van der Waals surface area contributed by atoms with Crippen LogP contribution >= 0.6 is 22.6 Å². The van der Waals surface area contributed by atoms with E-state index in [1.54, 1.807) is 6.26 Å². The average Bonchev–Trinajstić information content (AvgIpc) is 2.92. The molecule has 2 rings (SSSR count). The Morgan fingerprint density at radius 2 is 2.05 bits per heavy atom. The number of furan rings is 1. The summed E-state index contributed by atoms with van der Waals surface area (Å²) in [5, 5.41) is 2.96. The smallest absolute Gasteiger partial charge is 0.252 e. The Bertz CT molecular complexity index is 567. The maximum absolute atomic E-state index is 12.2. The van der Waals surface area contributed by atoms with Crippen LogP contribution in [0.3, 0.4) is 0 Å². The van der Waals surface area contributed by atoms with Gasteiger partial charge >= 0.3 is 0 Å². The number of nitrogens with zero attached hydrogens (tertiary/aromatic N) is 1. The van der Waals surface area contributed by atoms with Gasteiger partial charge in [0.2, 0.25) is 0 Å². The molecule has 106 valence electrons. The second-order valence-corrected chi connectivity index (χ2v) is 5.85. The Morgan fingerprint density at radius 1 is 1.30 bits per heavy atom. The summed E-state index contributed by atoms with van der Waals surface area (Å²) in [5.74, 6) is 0.784. The van der Waals surface area contributed by atoms with Gasteiger partial charge < -0.3 is 9.73 Å². The fourth-order valence-corrected chi connectivity index (χ4v) is 2.58. The second-order valence-electron chi connectivity index (χ2n) is 4.68. The van der Waals surface area contributed by atoms with Crippen LogP contribution in [-0.2, 0) is 0 Å². The Kier molecular flexibility index (Phi) is 5.19. The van der Waals surface area contributed by atoms with Crippen LogP contribution in [0.5, 0.6) is 0 Å². The first-order valence-corrected chi connectivity index (χ1v) is 7.40. The van der Waals surface area contributed by atoms with Gasteiger partial charge in [-0.15, -0.1) is 0 Å². The van der Waals surface area contributed by atoms with E-state index in [0.717, 1.165) is 9.33 Å². The highest BCUT2D eigenvalue weighted by Gasteiger charge is 2.18. The van der Waals surface area contributed by atoms with E-state index in [0.29, 0.717) is 12.1 Å². The third-order valence-electron chi connectivity index (χ3n) is 3.07. The Hall–Kier alpha value is -1.34. The molecule has 0 aliphatic heterocycles. The Morgan fingerprint density at radius 3 is 2.65 bits per heavy atom. The molecule has 1 aromatic heterocycles. The van der Waals surface area contributed by atoms with E-state index in [-0.39, 0.29) is 11.9 Å². The molecule has 1 N–H and O–H groups in total. The molecule has 0 saturated heterocycles. The van der Waals surface area contributed by atoms with Gasteiger partial charge in [0.25, 0.3) is 5.91 Å². The summed E-state index contributed by atoms with van der Waals surface area (Å²) in [7, 11) is 3.93. The lowest BCUT2D eigenvalue weighted by Crippen LogP contribution is -2.34. The molecule has 1 amide bonds. The van der Waals surface area contributed by atoms with Crippen molar-refractivity contribution in [3.05, 3.63) is 57.6 Å². The van der Waals surface area contributed by atoms with Gasteiger partial charge in [0.05, 0.1) is 17.9 Å². The minimum absolute atomic E-state index is 0.0234. The first-order valence-electron chi connectivity index (χ1n) is 6.32. The predicted molar refractivity (Wildman–Crippen MR) is 86.6 cm³/mol. The van der Waals surface area contributed by atoms with Crippen molar-refractivity contribution in [3.63, 3.8) is 0 Å². The number of hydrogen-bond donors (Lipinski definition) is 1. The van der Waals surface area contributed by atoms with E-state index in [2.05, 4.69) is 27.9 Å². The number of carbonyl (C=O) groups is 1. The summed E-state index contributed by atoms with van der Waals surface area (Å²) in [6.07, 6.45) is 1.65. The highest BCUT2D eigenvalue weighted by molar-refractivity contribution is 14.1. The van der Waals surface area contributed by atoms with Crippen molar-refractivity contribution < 1.29 is 9.21 Å². The fraction of sp³-hybridized carbons (Fsp3) is 0.267. The molecular weight excluding hydrogens is 367 g/mol. The van der Waals surface area contributed by atoms with Crippen LogP contribution in [0.15, 0.2) is 47.1 Å². The molecule has 0 fully saturated rings. The zero-order valence-corrected chi connectivity index (χ0v) is 13.6. The summed E-state index contributed by atoms with van der Waals surface area (Å²) >= 11 is 2.17. The maximum Gasteiger partial charge on any atom is 0.252 e. The zero-order chi connectivity index (χ0) is 14.5. The monoisotopic (exact) mass is 384 g/mol. The molecule has 0 aliphatic carbocycles. The molecule has 0 saturated carbocycles. The molecule has 2 aromatic rings. The molecular formula is C15H17IN2O2. The lowest BCUT2D eigenvalue weighted by molar-refractivity contribution is 0.0938. The van der Waals surface area contributed by atoms with Crippen molar-refractivity contribution in [2.75, 3.05) is 20.6 Å².